The molecule has 15 aromatic carbocycles. The molecule has 0 aromatic heterocycles. The molecule has 4 aliphatic heterocycles. The molecule has 428 valence electrons. The number of benzene rings is 15. The van der Waals surface area contributed by atoms with Gasteiger partial charge in [0.2, 0.25) is 0 Å². The summed E-state index contributed by atoms with van der Waals surface area (Å²) in [7, 11) is 0. The van der Waals surface area contributed by atoms with Gasteiger partial charge in [0, 0.05) is 80.0 Å². The van der Waals surface area contributed by atoms with Crippen LogP contribution in [0.25, 0.3) is 32.3 Å². The third-order valence-electron chi connectivity index (χ3n) is 19.3. The van der Waals surface area contributed by atoms with Gasteiger partial charge in [0.25, 0.3) is 13.4 Å². The molecule has 6 nitrogen and oxygen atoms in total. The van der Waals surface area contributed by atoms with Crippen molar-refractivity contribution in [1.82, 2.24) is 0 Å². The summed E-state index contributed by atoms with van der Waals surface area (Å²) in [5.41, 5.74) is 23.3. The minimum atomic E-state index is -0.225. The highest BCUT2D eigenvalue weighted by Gasteiger charge is 2.49. The van der Waals surface area contributed by atoms with E-state index in [9.17, 15) is 0 Å². The van der Waals surface area contributed by atoms with E-state index in [0.29, 0.717) is 0 Å². The van der Waals surface area contributed by atoms with Crippen molar-refractivity contribution in [3.8, 4) is 11.5 Å². The first kappa shape index (κ1) is 52.0. The first-order valence-corrected chi connectivity index (χ1v) is 31.7. The van der Waals surface area contributed by atoms with Crippen molar-refractivity contribution in [2.24, 2.45) is 0 Å². The molecule has 0 spiro atoms. The third-order valence-corrected chi connectivity index (χ3v) is 19.3. The van der Waals surface area contributed by atoms with Crippen LogP contribution in [-0.4, -0.2) is 13.4 Å². The van der Waals surface area contributed by atoms with Crippen LogP contribution in [0.2, 0.25) is 0 Å². The van der Waals surface area contributed by atoms with Crippen molar-refractivity contribution >= 4 is 164 Å². The van der Waals surface area contributed by atoms with Gasteiger partial charge in [0.05, 0.1) is 11.4 Å². The van der Waals surface area contributed by atoms with Crippen molar-refractivity contribution in [1.29, 1.82) is 0 Å². The highest BCUT2D eigenvalue weighted by Crippen LogP contribution is 2.52. The Bertz CT molecular complexity index is 5350. The van der Waals surface area contributed by atoms with Gasteiger partial charge < -0.3 is 29.2 Å². The lowest BCUT2D eigenvalue weighted by atomic mass is 9.30. The van der Waals surface area contributed by atoms with E-state index >= 15 is 0 Å². The van der Waals surface area contributed by atoms with Gasteiger partial charge in [-0.25, -0.2) is 0 Å². The molecule has 0 saturated carbocycles. The van der Waals surface area contributed by atoms with Crippen molar-refractivity contribution in [3.05, 3.63) is 334 Å². The highest BCUT2D eigenvalue weighted by atomic mass is 16.5. The number of anilines is 15. The number of para-hydroxylation sites is 6. The lowest BCUT2D eigenvalue weighted by Gasteiger charge is -2.47. The van der Waals surface area contributed by atoms with Crippen molar-refractivity contribution < 1.29 is 4.74 Å². The van der Waals surface area contributed by atoms with Gasteiger partial charge in [-0.3, -0.25) is 0 Å². The molecule has 0 saturated heterocycles. The van der Waals surface area contributed by atoms with Crippen molar-refractivity contribution in [2.75, 3.05) is 24.5 Å². The Balaban J connectivity index is 0.947. The van der Waals surface area contributed by atoms with E-state index < -0.39 is 0 Å². The third kappa shape index (κ3) is 8.17. The van der Waals surface area contributed by atoms with Gasteiger partial charge in [0.1, 0.15) is 11.5 Å². The first-order chi connectivity index (χ1) is 45.6. The van der Waals surface area contributed by atoms with Gasteiger partial charge in [-0.05, 0) is 186 Å². The van der Waals surface area contributed by atoms with Gasteiger partial charge >= 0.3 is 0 Å². The maximum atomic E-state index is 7.49. The molecule has 0 fully saturated rings. The van der Waals surface area contributed by atoms with E-state index in [0.717, 1.165) is 113 Å². The predicted octanol–water partition coefficient (Wildman–Crippen LogP) is 18.6. The normalized spacial score (nSPS) is 13.0. The summed E-state index contributed by atoms with van der Waals surface area (Å²) >= 11 is 0. The zero-order valence-corrected chi connectivity index (χ0v) is 50.1. The number of rotatable bonds is 9. The molecule has 19 rings (SSSR count). The molecule has 0 bridgehead atoms. The lowest BCUT2D eigenvalue weighted by Crippen LogP contribution is -2.64. The molecule has 4 heterocycles. The van der Waals surface area contributed by atoms with Crippen LogP contribution in [-0.2, 0) is 0 Å². The molecule has 0 amide bonds. The van der Waals surface area contributed by atoms with Crippen LogP contribution in [0.3, 0.4) is 0 Å². The topological polar surface area (TPSA) is 25.4 Å². The Labute approximate surface area is 535 Å². The first-order valence-electron chi connectivity index (χ1n) is 31.7. The fourth-order valence-electron chi connectivity index (χ4n) is 15.3. The van der Waals surface area contributed by atoms with E-state index in [1.165, 1.54) is 48.8 Å². The van der Waals surface area contributed by atoms with E-state index in [-0.39, 0.29) is 13.4 Å². The fourth-order valence-corrected chi connectivity index (χ4v) is 15.3. The maximum absolute atomic E-state index is 7.49. The van der Waals surface area contributed by atoms with Gasteiger partial charge in [0.15, 0.2) is 0 Å². The number of fused-ring (bicyclic) bond motifs is 11. The van der Waals surface area contributed by atoms with Crippen LogP contribution in [0.15, 0.2) is 334 Å². The van der Waals surface area contributed by atoms with Crippen LogP contribution in [0.5, 0.6) is 11.5 Å². The number of hydrogen-bond acceptors (Lipinski definition) is 6. The summed E-state index contributed by atoms with van der Waals surface area (Å²) < 4.78 is 7.49. The Kier molecular flexibility index (Phi) is 11.8. The van der Waals surface area contributed by atoms with Crippen LogP contribution in [0.1, 0.15) is 0 Å². The average Bonchev–Trinajstić information content (AvgIpc) is 0.687. The van der Waals surface area contributed by atoms with Gasteiger partial charge in [-0.2, -0.15) is 0 Å². The number of ether oxygens (including phenoxy) is 1. The Morgan fingerprint density at radius 3 is 1.08 bits per heavy atom. The smallest absolute Gasteiger partial charge is 0.256 e. The molecule has 8 heteroatoms. The Hall–Kier alpha value is -12.0. The lowest BCUT2D eigenvalue weighted by molar-refractivity contribution is 0.488. The quantitative estimate of drug-likeness (QED) is 0.134. The molecule has 0 aliphatic carbocycles. The van der Waals surface area contributed by atoms with Crippen LogP contribution in [0, 0.1) is 0 Å². The molecule has 4 aliphatic rings. The number of hydrogen-bond donors (Lipinski definition) is 0. The Morgan fingerprint density at radius 1 is 0.217 bits per heavy atom. The van der Waals surface area contributed by atoms with Crippen LogP contribution in [0.4, 0.5) is 85.3 Å². The number of nitrogens with zero attached hydrogens (tertiary/aromatic N) is 5. The maximum Gasteiger partial charge on any atom is 0.256 e. The van der Waals surface area contributed by atoms with Gasteiger partial charge in [-0.1, -0.05) is 206 Å². The monoisotopic (exact) mass is 1170 g/mol. The molecule has 15 aromatic rings. The predicted molar refractivity (Wildman–Crippen MR) is 388 cm³/mol. The summed E-state index contributed by atoms with van der Waals surface area (Å²) in [5, 5.41) is 7.08. The van der Waals surface area contributed by atoms with Crippen molar-refractivity contribution in [3.63, 3.8) is 0 Å². The highest BCUT2D eigenvalue weighted by molar-refractivity contribution is 7.03. The van der Waals surface area contributed by atoms with Crippen LogP contribution >= 0.6 is 0 Å². The zero-order chi connectivity index (χ0) is 60.4. The van der Waals surface area contributed by atoms with E-state index in [1.807, 2.05) is 0 Å². The molecule has 0 unspecified atom stereocenters. The van der Waals surface area contributed by atoms with Gasteiger partial charge in [-0.15, -0.1) is 0 Å². The summed E-state index contributed by atoms with van der Waals surface area (Å²) in [6.07, 6.45) is 0. The Morgan fingerprint density at radius 2 is 0.576 bits per heavy atom. The summed E-state index contributed by atoms with van der Waals surface area (Å²) in [6, 6.07) is 123. The van der Waals surface area contributed by atoms with Crippen LogP contribution < -0.4 is 62.0 Å². The summed E-state index contributed by atoms with van der Waals surface area (Å²) in [5.74, 6) is 1.69. The second-order valence-corrected chi connectivity index (χ2v) is 24.4. The molecule has 92 heavy (non-hydrogen) atoms. The summed E-state index contributed by atoms with van der Waals surface area (Å²) in [6.45, 7) is -0.445. The van der Waals surface area contributed by atoms with E-state index in [2.05, 4.69) is 358 Å². The molecule has 0 N–H and O–H groups in total. The van der Waals surface area contributed by atoms with E-state index in [1.54, 1.807) is 0 Å². The second kappa shape index (κ2) is 20.8. The molecular weight excluding hydrogens is 1120 g/mol. The fraction of sp³-hybridized carbons (Fsp3) is 0. The standard InChI is InChI=1S/C84H55B2N5O/c1-7-31-62(32-8-1)87(63-33-9-2-10-34-63)69-50-78-83-79(51-69)91(68-44-43-56-25-19-20-26-57(56)45-68)75-48-60-29-23-21-27-58(60)46-71(75)85(83)72-54-73-77(55-76(72)89(78)66-39-15-5-16-40-66)90(67-41-17-6-18-42-67)80-52-70(88(64-35-11-3-12-36-64)65-37-13-4-14-38-65)53-82-84(80)86(73)74-47-59-28-22-24-30-61(59)49-81(74)92-82/h1-55H. The summed E-state index contributed by atoms with van der Waals surface area (Å²) in [4.78, 5) is 12.5. The SMILES string of the molecule is c1ccc(N(c2ccccc2)c2cc3c4c(c2)N(c2ccccc2)c2cc5c(cc2B4c2cc4ccccc4cc2O3)B2c3cc4ccccc4cc3N(c3ccc4ccccc4c3)c3cc(N(c4ccccc4)c4ccccc4)cc(c32)N5c2ccccc2)cc1. The largest absolute Gasteiger partial charge is 0.458 e. The minimum absolute atomic E-state index is 0.220. The molecule has 0 radical (unpaired) electrons. The molecule has 0 atom stereocenters. The minimum Gasteiger partial charge on any atom is -0.458 e. The zero-order valence-electron chi connectivity index (χ0n) is 50.1. The van der Waals surface area contributed by atoms with E-state index in [4.69, 9.17) is 4.74 Å². The van der Waals surface area contributed by atoms with Crippen molar-refractivity contribution in [2.45, 2.75) is 0 Å². The second-order valence-electron chi connectivity index (χ2n) is 24.4. The molecular formula is C84H55B2N5O. The average molecular weight is 1170 g/mol.